The summed E-state index contributed by atoms with van der Waals surface area (Å²) in [6, 6.07) is -1.16. The molecule has 0 bridgehead atoms. The second-order valence-electron chi connectivity index (χ2n) is 2.84. The molecule has 0 aliphatic rings. The quantitative estimate of drug-likeness (QED) is 0.509. The Morgan fingerprint density at radius 2 is 1.62 bits per heavy atom. The molecule has 0 saturated heterocycles. The first-order valence-corrected chi connectivity index (χ1v) is 3.62. The van der Waals surface area contributed by atoms with E-state index >= 15 is 0 Å². The van der Waals surface area contributed by atoms with Crippen molar-refractivity contribution in [1.82, 2.24) is 5.32 Å². The molecule has 0 unspecified atom stereocenters. The number of carboxylic acid groups (broad SMARTS) is 2. The minimum Gasteiger partial charge on any atom is -0.480 e. The Bertz CT molecular complexity index is 235. The van der Waals surface area contributed by atoms with E-state index in [-0.39, 0.29) is 5.92 Å². The van der Waals surface area contributed by atoms with E-state index < -0.39 is 23.9 Å². The molecule has 0 aliphatic heterocycles. The molecule has 0 aromatic heterocycles. The van der Waals surface area contributed by atoms with Gasteiger partial charge in [-0.2, -0.15) is 0 Å². The average molecular weight is 189 g/mol. The number of hydrogen-bond donors (Lipinski definition) is 3. The van der Waals surface area contributed by atoms with E-state index in [0.29, 0.717) is 0 Å². The maximum absolute atomic E-state index is 10.6. The summed E-state index contributed by atoms with van der Waals surface area (Å²) in [6.07, 6.45) is 0. The van der Waals surface area contributed by atoms with Crippen LogP contribution in [0.1, 0.15) is 13.8 Å². The summed E-state index contributed by atoms with van der Waals surface area (Å²) in [5, 5.41) is 18.6. The van der Waals surface area contributed by atoms with Crippen LogP contribution >= 0.6 is 0 Å². The Hall–Kier alpha value is -1.59. The molecular weight excluding hydrogens is 178 g/mol. The van der Waals surface area contributed by atoms with Gasteiger partial charge in [0.2, 0.25) is 0 Å². The van der Waals surface area contributed by atoms with Crippen molar-refractivity contribution in [2.75, 3.05) is 0 Å². The zero-order valence-corrected chi connectivity index (χ0v) is 7.27. The van der Waals surface area contributed by atoms with Crippen molar-refractivity contribution in [3.8, 4) is 0 Å². The Morgan fingerprint density at radius 1 is 1.15 bits per heavy atom. The number of carbonyl (C=O) groups is 3. The van der Waals surface area contributed by atoms with Crippen LogP contribution < -0.4 is 5.32 Å². The van der Waals surface area contributed by atoms with Crippen molar-refractivity contribution in [1.29, 1.82) is 0 Å². The number of carboxylic acids is 2. The van der Waals surface area contributed by atoms with Gasteiger partial charge in [-0.05, 0) is 5.92 Å². The molecule has 3 N–H and O–H groups in total. The lowest BCUT2D eigenvalue weighted by atomic mass is 10.1. The van der Waals surface area contributed by atoms with Gasteiger partial charge >= 0.3 is 17.8 Å². The summed E-state index contributed by atoms with van der Waals surface area (Å²) >= 11 is 0. The Labute approximate surface area is 74.6 Å². The normalized spacial score (nSPS) is 12.2. The summed E-state index contributed by atoms with van der Waals surface area (Å²) in [4.78, 5) is 31.2. The molecule has 1 amide bonds. The van der Waals surface area contributed by atoms with Gasteiger partial charge in [0, 0.05) is 0 Å². The van der Waals surface area contributed by atoms with E-state index in [1.165, 1.54) is 0 Å². The minimum absolute atomic E-state index is 0.360. The molecule has 6 heteroatoms. The maximum Gasteiger partial charge on any atom is 0.394 e. The van der Waals surface area contributed by atoms with Gasteiger partial charge in [-0.1, -0.05) is 13.8 Å². The van der Waals surface area contributed by atoms with E-state index in [9.17, 15) is 14.4 Å². The lowest BCUT2D eigenvalue weighted by molar-refractivity contribution is -0.152. The average Bonchev–Trinajstić information content (AvgIpc) is 1.97. The van der Waals surface area contributed by atoms with Crippen LogP contribution in [-0.4, -0.2) is 34.1 Å². The lowest BCUT2D eigenvalue weighted by Gasteiger charge is -2.15. The molecular formula is C7H11NO5. The fraction of sp³-hybridized carbons (Fsp3) is 0.571. The standard InChI is InChI=1S/C7H11NO5/c1-3(2)4(6(10)11)8-5(9)7(12)13/h3-4H,1-2H3,(H,8,9)(H,10,11)(H,12,13)/t4-/m0/s1. The van der Waals surface area contributed by atoms with Crippen molar-refractivity contribution in [3.05, 3.63) is 0 Å². The van der Waals surface area contributed by atoms with Gasteiger partial charge < -0.3 is 15.5 Å². The number of nitrogens with one attached hydrogen (secondary N) is 1. The van der Waals surface area contributed by atoms with E-state index in [4.69, 9.17) is 10.2 Å². The van der Waals surface area contributed by atoms with Crippen LogP contribution in [0.3, 0.4) is 0 Å². The van der Waals surface area contributed by atoms with Gasteiger partial charge in [0.1, 0.15) is 6.04 Å². The Balaban J connectivity index is 4.36. The summed E-state index contributed by atoms with van der Waals surface area (Å²) in [7, 11) is 0. The van der Waals surface area contributed by atoms with Crippen LogP contribution in [-0.2, 0) is 14.4 Å². The largest absolute Gasteiger partial charge is 0.480 e. The van der Waals surface area contributed by atoms with E-state index in [2.05, 4.69) is 0 Å². The van der Waals surface area contributed by atoms with Gasteiger partial charge in [0.05, 0.1) is 0 Å². The molecule has 0 radical (unpaired) electrons. The summed E-state index contributed by atoms with van der Waals surface area (Å²) in [5.41, 5.74) is 0. The molecule has 0 aliphatic carbocycles. The third-order valence-electron chi connectivity index (χ3n) is 1.41. The maximum atomic E-state index is 10.6. The molecule has 1 atom stereocenters. The van der Waals surface area contributed by atoms with Crippen molar-refractivity contribution in [2.45, 2.75) is 19.9 Å². The zero-order valence-electron chi connectivity index (χ0n) is 7.27. The smallest absolute Gasteiger partial charge is 0.394 e. The molecule has 0 saturated carbocycles. The van der Waals surface area contributed by atoms with Gasteiger partial charge in [0.15, 0.2) is 0 Å². The molecule has 0 spiro atoms. The third-order valence-corrected chi connectivity index (χ3v) is 1.41. The summed E-state index contributed by atoms with van der Waals surface area (Å²) in [6.45, 7) is 3.14. The van der Waals surface area contributed by atoms with Crippen LogP contribution in [0.5, 0.6) is 0 Å². The monoisotopic (exact) mass is 189 g/mol. The fourth-order valence-electron chi connectivity index (χ4n) is 0.717. The number of aliphatic carboxylic acids is 2. The molecule has 0 fully saturated rings. The third kappa shape index (κ3) is 3.55. The molecule has 0 aromatic rings. The first-order chi connectivity index (χ1) is 5.86. The van der Waals surface area contributed by atoms with Gasteiger partial charge in [-0.25, -0.2) is 9.59 Å². The highest BCUT2D eigenvalue weighted by Gasteiger charge is 2.25. The van der Waals surface area contributed by atoms with Gasteiger partial charge in [0.25, 0.3) is 0 Å². The molecule has 0 heterocycles. The van der Waals surface area contributed by atoms with E-state index in [1.807, 2.05) is 5.32 Å². The SMILES string of the molecule is CC(C)[C@H](NC(=O)C(=O)O)C(=O)O. The predicted molar refractivity (Wildman–Crippen MR) is 42.0 cm³/mol. The molecule has 0 aromatic carbocycles. The number of amides is 1. The highest BCUT2D eigenvalue weighted by molar-refractivity contribution is 6.31. The van der Waals surface area contributed by atoms with E-state index in [1.54, 1.807) is 13.8 Å². The second kappa shape index (κ2) is 4.44. The molecule has 74 valence electrons. The first-order valence-electron chi connectivity index (χ1n) is 3.62. The van der Waals surface area contributed by atoms with Crippen LogP contribution in [0, 0.1) is 5.92 Å². The Kier molecular flexibility index (Phi) is 3.90. The summed E-state index contributed by atoms with van der Waals surface area (Å²) < 4.78 is 0. The number of hydrogen-bond acceptors (Lipinski definition) is 3. The second-order valence-corrected chi connectivity index (χ2v) is 2.84. The van der Waals surface area contributed by atoms with Gasteiger partial charge in [-0.3, -0.25) is 4.79 Å². The number of carbonyl (C=O) groups excluding carboxylic acids is 1. The Morgan fingerprint density at radius 3 is 1.85 bits per heavy atom. The summed E-state index contributed by atoms with van der Waals surface area (Å²) in [5.74, 6) is -4.60. The highest BCUT2D eigenvalue weighted by Crippen LogP contribution is 2.01. The van der Waals surface area contributed by atoms with Crippen LogP contribution in [0.4, 0.5) is 0 Å². The molecule has 6 nitrogen and oxygen atoms in total. The first kappa shape index (κ1) is 11.4. The van der Waals surface area contributed by atoms with Crippen molar-refractivity contribution in [2.24, 2.45) is 5.92 Å². The predicted octanol–water partition coefficient (Wildman–Crippen LogP) is -0.704. The van der Waals surface area contributed by atoms with Crippen LogP contribution in [0.15, 0.2) is 0 Å². The zero-order chi connectivity index (χ0) is 10.6. The van der Waals surface area contributed by atoms with Crippen molar-refractivity contribution >= 4 is 17.8 Å². The van der Waals surface area contributed by atoms with Crippen molar-refractivity contribution < 1.29 is 24.6 Å². The fourth-order valence-corrected chi connectivity index (χ4v) is 0.717. The van der Waals surface area contributed by atoms with E-state index in [0.717, 1.165) is 0 Å². The number of rotatable bonds is 3. The van der Waals surface area contributed by atoms with Crippen LogP contribution in [0.25, 0.3) is 0 Å². The van der Waals surface area contributed by atoms with Crippen LogP contribution in [0.2, 0.25) is 0 Å². The van der Waals surface area contributed by atoms with Gasteiger partial charge in [-0.15, -0.1) is 0 Å². The highest BCUT2D eigenvalue weighted by atomic mass is 16.4. The van der Waals surface area contributed by atoms with Crippen molar-refractivity contribution in [3.63, 3.8) is 0 Å². The topological polar surface area (TPSA) is 104 Å². The molecule has 13 heavy (non-hydrogen) atoms. The minimum atomic E-state index is -1.69. The lowest BCUT2D eigenvalue weighted by Crippen LogP contribution is -2.46. The molecule has 0 rings (SSSR count).